The molecule has 3 nitrogen and oxygen atoms in total. The van der Waals surface area contributed by atoms with Crippen LogP contribution in [0, 0.1) is 5.41 Å². The molecular weight excluding hydrogens is 404 g/mol. The molecule has 2 aromatic carbocycles. The molecule has 5 rings (SSSR count). The zero-order valence-electron chi connectivity index (χ0n) is 21.8. The quantitative estimate of drug-likeness (QED) is 0.287. The molecule has 0 atom stereocenters. The monoisotopic (exact) mass is 436 g/mol. The number of aromatic nitrogens is 2. The lowest BCUT2D eigenvalue weighted by atomic mass is 9.79. The molecule has 0 aliphatic carbocycles. The summed E-state index contributed by atoms with van der Waals surface area (Å²) in [6, 6.07) is 22.0. The highest BCUT2D eigenvalue weighted by Gasteiger charge is 2.28. The maximum atomic E-state index is 8.69. The number of hydrogen-bond donors (Lipinski definition) is 0. The van der Waals surface area contributed by atoms with E-state index in [2.05, 4.69) is 49.2 Å². The fourth-order valence-corrected chi connectivity index (χ4v) is 4.45. The first-order chi connectivity index (χ1) is 16.5. The van der Waals surface area contributed by atoms with Crippen molar-refractivity contribution in [2.75, 3.05) is 0 Å². The van der Waals surface area contributed by atoms with Crippen molar-refractivity contribution in [3.05, 3.63) is 95.9 Å². The number of nitrogens with zero attached hydrogens (tertiary/aromatic N) is 2. The summed E-state index contributed by atoms with van der Waals surface area (Å²) in [4.78, 5) is 9.41. The average molecular weight is 437 g/mol. The van der Waals surface area contributed by atoms with Crippen molar-refractivity contribution in [1.82, 2.24) is 9.97 Å². The van der Waals surface area contributed by atoms with Crippen LogP contribution in [0.25, 0.3) is 33.2 Å². The first-order valence-electron chi connectivity index (χ1n) is 12.3. The summed E-state index contributed by atoms with van der Waals surface area (Å²) in [5.74, 6) is 0. The van der Waals surface area contributed by atoms with Gasteiger partial charge in [0.1, 0.15) is 11.2 Å². The van der Waals surface area contributed by atoms with Crippen LogP contribution in [0.2, 0.25) is 0 Å². The number of fused-ring (bicyclic) bond motifs is 3. The predicted molar refractivity (Wildman–Crippen MR) is 136 cm³/mol. The van der Waals surface area contributed by atoms with Gasteiger partial charge in [-0.25, -0.2) is 0 Å². The van der Waals surface area contributed by atoms with E-state index in [1.54, 1.807) is 12.3 Å². The topological polar surface area (TPSA) is 38.9 Å². The highest BCUT2D eigenvalue weighted by molar-refractivity contribution is 6.08. The number of rotatable bonds is 4. The molecule has 0 saturated carbocycles. The zero-order chi connectivity index (χ0) is 25.0. The summed E-state index contributed by atoms with van der Waals surface area (Å²) in [7, 11) is 0. The largest absolute Gasteiger partial charge is 0.456 e. The fraction of sp³-hybridized carbons (Fsp3) is 0.267. The normalized spacial score (nSPS) is 13.8. The standard InChI is InChI=1S/C30H30N2O/c1-29(2,3)19-20-13-15-31-24(17-20)21-11-12-25-23(18-21)27-26(33-25)14-16-32-28(27)30(4,5)22-9-7-6-8-10-22/h6-18H,19H2,1-5H3/i19D2. The molecule has 0 bridgehead atoms. The molecule has 3 aromatic heterocycles. The van der Waals surface area contributed by atoms with Crippen molar-refractivity contribution in [3.8, 4) is 11.3 Å². The Bertz CT molecular complexity index is 1530. The van der Waals surface area contributed by atoms with Crippen LogP contribution in [0.5, 0.6) is 0 Å². The van der Waals surface area contributed by atoms with E-state index in [-0.39, 0.29) is 5.41 Å². The van der Waals surface area contributed by atoms with Crippen molar-refractivity contribution in [2.45, 2.75) is 46.4 Å². The van der Waals surface area contributed by atoms with Gasteiger partial charge in [0.15, 0.2) is 0 Å². The molecule has 3 heteroatoms. The summed E-state index contributed by atoms with van der Waals surface area (Å²) in [6.07, 6.45) is 2.01. The van der Waals surface area contributed by atoms with Crippen LogP contribution in [0.4, 0.5) is 0 Å². The molecule has 0 spiro atoms. The molecule has 0 fully saturated rings. The summed E-state index contributed by atoms with van der Waals surface area (Å²) in [6.45, 7) is 10.1. The van der Waals surface area contributed by atoms with Crippen LogP contribution in [-0.2, 0) is 11.8 Å². The molecule has 33 heavy (non-hydrogen) atoms. The Labute approximate surface area is 198 Å². The molecule has 0 N–H and O–H groups in total. The van der Waals surface area contributed by atoms with Crippen molar-refractivity contribution < 1.29 is 7.16 Å². The lowest BCUT2D eigenvalue weighted by Crippen LogP contribution is -2.20. The zero-order valence-corrected chi connectivity index (χ0v) is 19.8. The van der Waals surface area contributed by atoms with E-state index in [9.17, 15) is 0 Å². The van der Waals surface area contributed by atoms with Crippen LogP contribution >= 0.6 is 0 Å². The molecule has 166 valence electrons. The van der Waals surface area contributed by atoms with Gasteiger partial charge in [-0.1, -0.05) is 65.0 Å². The third-order valence-corrected chi connectivity index (χ3v) is 6.04. The van der Waals surface area contributed by atoms with E-state index >= 15 is 0 Å². The molecule has 0 radical (unpaired) electrons. The molecule has 0 saturated heterocycles. The Morgan fingerprint density at radius 2 is 1.58 bits per heavy atom. The summed E-state index contributed by atoms with van der Waals surface area (Å²) < 4.78 is 23.6. The number of benzene rings is 2. The molecule has 5 aromatic rings. The summed E-state index contributed by atoms with van der Waals surface area (Å²) >= 11 is 0. The first kappa shape index (κ1) is 19.0. The Kier molecular flexibility index (Phi) is 4.53. The Morgan fingerprint density at radius 3 is 2.33 bits per heavy atom. The molecular formula is C30H30N2O. The van der Waals surface area contributed by atoms with Gasteiger partial charge in [-0.2, -0.15) is 0 Å². The van der Waals surface area contributed by atoms with Crippen molar-refractivity contribution in [3.63, 3.8) is 0 Å². The second-order valence-corrected chi connectivity index (χ2v) is 10.1. The van der Waals surface area contributed by atoms with E-state index < -0.39 is 11.8 Å². The average Bonchev–Trinajstić information content (AvgIpc) is 3.22. The van der Waals surface area contributed by atoms with E-state index in [0.29, 0.717) is 5.56 Å². The lowest BCUT2D eigenvalue weighted by molar-refractivity contribution is 0.411. The minimum atomic E-state index is -1.49. The second-order valence-electron chi connectivity index (χ2n) is 10.1. The van der Waals surface area contributed by atoms with Crippen LogP contribution < -0.4 is 0 Å². The first-order valence-corrected chi connectivity index (χ1v) is 11.3. The third kappa shape index (κ3) is 4.04. The van der Waals surface area contributed by atoms with E-state index in [1.165, 1.54) is 5.56 Å². The van der Waals surface area contributed by atoms with Crippen LogP contribution in [-0.4, -0.2) is 9.97 Å². The highest BCUT2D eigenvalue weighted by atomic mass is 16.3. The van der Waals surface area contributed by atoms with Gasteiger partial charge < -0.3 is 4.42 Å². The maximum absolute atomic E-state index is 8.69. The lowest BCUT2D eigenvalue weighted by Gasteiger charge is -2.25. The maximum Gasteiger partial charge on any atom is 0.138 e. The van der Waals surface area contributed by atoms with Crippen molar-refractivity contribution in [2.24, 2.45) is 5.41 Å². The minimum absolute atomic E-state index is 0.325. The predicted octanol–water partition coefficient (Wildman–Crippen LogP) is 7.96. The van der Waals surface area contributed by atoms with Crippen LogP contribution in [0.3, 0.4) is 0 Å². The number of furan rings is 1. The highest BCUT2D eigenvalue weighted by Crippen LogP contribution is 2.40. The van der Waals surface area contributed by atoms with Gasteiger partial charge in [-0.05, 0) is 59.3 Å². The molecule has 0 aliphatic heterocycles. The van der Waals surface area contributed by atoms with Gasteiger partial charge in [0.2, 0.25) is 0 Å². The van der Waals surface area contributed by atoms with Crippen molar-refractivity contribution >= 4 is 21.9 Å². The number of hydrogen-bond acceptors (Lipinski definition) is 3. The van der Waals surface area contributed by atoms with Gasteiger partial charge in [-0.3, -0.25) is 9.97 Å². The molecule has 0 aliphatic rings. The Morgan fingerprint density at radius 1 is 0.818 bits per heavy atom. The van der Waals surface area contributed by atoms with Crippen LogP contribution in [0.1, 0.15) is 54.2 Å². The molecule has 0 unspecified atom stereocenters. The SMILES string of the molecule is [2H]C([2H])(c1ccnc(-c2ccc3oc4ccnc(C(C)(C)c5ccccc5)c4c3c2)c1)C(C)(C)C. The van der Waals surface area contributed by atoms with Crippen LogP contribution in [0.15, 0.2) is 83.5 Å². The third-order valence-electron chi connectivity index (χ3n) is 6.04. The second kappa shape index (κ2) is 7.84. The minimum Gasteiger partial charge on any atom is -0.456 e. The van der Waals surface area contributed by atoms with Gasteiger partial charge in [0, 0.05) is 31.5 Å². The van der Waals surface area contributed by atoms with E-state index in [4.69, 9.17) is 12.1 Å². The van der Waals surface area contributed by atoms with E-state index in [1.807, 2.05) is 57.3 Å². The molecule has 0 amide bonds. The summed E-state index contributed by atoms with van der Waals surface area (Å²) in [5.41, 5.74) is 5.15. The van der Waals surface area contributed by atoms with E-state index in [0.717, 1.165) is 38.9 Å². The fourth-order valence-electron chi connectivity index (χ4n) is 4.45. The van der Waals surface area contributed by atoms with Crippen molar-refractivity contribution in [1.29, 1.82) is 0 Å². The van der Waals surface area contributed by atoms with Gasteiger partial charge in [0.05, 0.1) is 16.8 Å². The van der Waals surface area contributed by atoms with Gasteiger partial charge in [0.25, 0.3) is 0 Å². The summed E-state index contributed by atoms with van der Waals surface area (Å²) in [5, 5.41) is 1.98. The Hall–Kier alpha value is -3.46. The molecule has 3 heterocycles. The van der Waals surface area contributed by atoms with Gasteiger partial charge >= 0.3 is 0 Å². The smallest absolute Gasteiger partial charge is 0.138 e. The number of pyridine rings is 2. The Balaban J connectivity index is 1.69. The van der Waals surface area contributed by atoms with Gasteiger partial charge in [-0.15, -0.1) is 0 Å².